The summed E-state index contributed by atoms with van der Waals surface area (Å²) in [6.07, 6.45) is 0. The molecule has 0 aliphatic carbocycles. The van der Waals surface area contributed by atoms with Crippen molar-refractivity contribution in [1.29, 1.82) is 0 Å². The lowest BCUT2D eigenvalue weighted by molar-refractivity contribution is 0.348. The monoisotopic (exact) mass is 468 g/mol. The fraction of sp³-hybridized carbons (Fsp3) is 0.0556. The fourth-order valence-corrected chi connectivity index (χ4v) is 5.28. The van der Waals surface area contributed by atoms with Crippen molar-refractivity contribution in [3.8, 4) is 5.75 Å². The molecule has 1 nitrogen and oxygen atoms in total. The van der Waals surface area contributed by atoms with Gasteiger partial charge in [0, 0.05) is 32.3 Å². The van der Waals surface area contributed by atoms with Crippen LogP contribution in [0.3, 0.4) is 0 Å². The second-order valence-electron chi connectivity index (χ2n) is 9.10. The Morgan fingerprint density at radius 3 is 1.59 bits per heavy atom. The fourth-order valence-electron chi connectivity index (χ4n) is 5.28. The normalized spacial score (nSPS) is 10.8. The van der Waals surface area contributed by atoms with Gasteiger partial charge in [-0.2, -0.15) is 0 Å². The van der Waals surface area contributed by atoms with Crippen LogP contribution in [0.5, 0.6) is 5.75 Å². The second-order valence-corrected chi connectivity index (χ2v) is 9.10. The molecule has 0 saturated heterocycles. The average Bonchev–Trinajstić information content (AvgIpc) is 2.92. The molecule has 170 valence electrons. The van der Waals surface area contributed by atoms with Crippen molar-refractivity contribution in [2.75, 3.05) is 6.61 Å². The van der Waals surface area contributed by atoms with E-state index in [9.17, 15) is 0 Å². The predicted molar refractivity (Wildman–Crippen MR) is 153 cm³/mol. The molecule has 0 atom stereocenters. The highest BCUT2D eigenvalue weighted by Gasteiger charge is 2.12. The predicted octanol–water partition coefficient (Wildman–Crippen LogP) is 8.93. The molecule has 7 rings (SSSR count). The van der Waals surface area contributed by atoms with Gasteiger partial charge in [0.05, 0.1) is 6.61 Å². The Balaban J connectivity index is 1.73. The lowest BCUT2D eigenvalue weighted by atomic mass is 9.98. The Hall–Kier alpha value is -5.16. The van der Waals surface area contributed by atoms with Gasteiger partial charge in [0.25, 0.3) is 0 Å². The van der Waals surface area contributed by atoms with Crippen LogP contribution >= 0.6 is 0 Å². The summed E-state index contributed by atoms with van der Waals surface area (Å²) in [5, 5.41) is 12.5. The van der Waals surface area contributed by atoms with Crippen LogP contribution in [0.2, 0.25) is 0 Å². The Kier molecular flexibility index (Phi) is 4.86. The second kappa shape index (κ2) is 8.50. The molecule has 0 fully saturated rings. The Morgan fingerprint density at radius 2 is 0.973 bits per heavy atom. The van der Waals surface area contributed by atoms with Gasteiger partial charge in [-0.3, -0.25) is 0 Å². The lowest BCUT2D eigenvalue weighted by Crippen LogP contribution is -1.94. The first-order valence-electron chi connectivity index (χ1n) is 12.4. The van der Waals surface area contributed by atoms with Gasteiger partial charge in [0.2, 0.25) is 0 Å². The summed E-state index contributed by atoms with van der Waals surface area (Å²) >= 11 is 0. The lowest BCUT2D eigenvalue weighted by Gasteiger charge is -2.13. The molecule has 0 unspecified atom stereocenters. The molecule has 0 spiro atoms. The van der Waals surface area contributed by atoms with E-state index in [4.69, 9.17) is 4.74 Å². The van der Waals surface area contributed by atoms with Gasteiger partial charge >= 0.3 is 0 Å². The highest BCUT2D eigenvalue weighted by atomic mass is 16.5. The van der Waals surface area contributed by atoms with E-state index < -0.39 is 0 Å². The van der Waals surface area contributed by atoms with Crippen LogP contribution in [-0.2, 0) is 0 Å². The number of ether oxygens (including phenoxy) is 1. The molecule has 0 aliphatic heterocycles. The van der Waals surface area contributed by atoms with E-state index in [-0.39, 0.29) is 0 Å². The zero-order valence-corrected chi connectivity index (χ0v) is 20.3. The molecule has 0 aromatic heterocycles. The van der Waals surface area contributed by atoms with E-state index in [1.807, 2.05) is 19.1 Å². The topological polar surface area (TPSA) is 9.23 Å². The van der Waals surface area contributed by atoms with Crippen LogP contribution in [0.4, 0.5) is 0 Å². The van der Waals surface area contributed by atoms with Gasteiger partial charge in [0.15, 0.2) is 0 Å². The van der Waals surface area contributed by atoms with E-state index in [1.54, 1.807) is 0 Å². The van der Waals surface area contributed by atoms with Gasteiger partial charge in [-0.05, 0) is 93.8 Å². The van der Waals surface area contributed by atoms with Crippen molar-refractivity contribution in [2.24, 2.45) is 0 Å². The van der Waals surface area contributed by atoms with E-state index >= 15 is 0 Å². The smallest absolute Gasteiger partial charge is 0.137 e. The first kappa shape index (κ1) is 21.1. The third-order valence-corrected chi connectivity index (χ3v) is 6.92. The quantitative estimate of drug-likeness (QED) is 0.230. The van der Waals surface area contributed by atoms with Crippen molar-refractivity contribution in [1.82, 2.24) is 0 Å². The largest absolute Gasteiger partial charge is 0.492 e. The number of hydrogen-bond acceptors (Lipinski definition) is 1. The van der Waals surface area contributed by atoms with E-state index in [0.29, 0.717) is 6.61 Å². The standard InChI is InChI=1S/C36H20O/c1-2-37-36-34-26-10-4-3-9-24-11-5-15-28-21-29-16-6-12-25(33(29)23-32(24)28)19-20-27-14-8-18-31(35(27)36)22-30(34)17-7-13-26/h5-8,11-18,21-23H,2H2,1H3. The Morgan fingerprint density at radius 1 is 0.514 bits per heavy atom. The van der Waals surface area contributed by atoms with Crippen molar-refractivity contribution >= 4 is 64.6 Å². The van der Waals surface area contributed by atoms with Crippen LogP contribution in [-0.4, -0.2) is 6.61 Å². The van der Waals surface area contributed by atoms with Gasteiger partial charge in [-0.25, -0.2) is 0 Å². The molecule has 0 N–H and O–H groups in total. The van der Waals surface area contributed by atoms with Gasteiger partial charge in [0.1, 0.15) is 5.75 Å². The van der Waals surface area contributed by atoms with E-state index in [0.717, 1.165) is 70.4 Å². The van der Waals surface area contributed by atoms with Crippen molar-refractivity contribution in [3.63, 3.8) is 0 Å². The summed E-state index contributed by atoms with van der Waals surface area (Å²) < 4.78 is 6.32. The molecule has 0 heterocycles. The summed E-state index contributed by atoms with van der Waals surface area (Å²) in [7, 11) is 0. The van der Waals surface area contributed by atoms with Gasteiger partial charge in [-0.15, -0.1) is 0 Å². The third-order valence-electron chi connectivity index (χ3n) is 6.92. The molecule has 0 radical (unpaired) electrons. The molecule has 0 amide bonds. The van der Waals surface area contributed by atoms with Crippen LogP contribution < -0.4 is 4.74 Å². The van der Waals surface area contributed by atoms with Crippen molar-refractivity contribution < 1.29 is 4.74 Å². The maximum atomic E-state index is 6.32. The first-order valence-corrected chi connectivity index (χ1v) is 12.4. The molecule has 0 saturated carbocycles. The van der Waals surface area contributed by atoms with Crippen molar-refractivity contribution in [3.05, 3.63) is 127 Å². The summed E-state index contributed by atoms with van der Waals surface area (Å²) in [6, 6.07) is 51.4. The Bertz CT molecular complexity index is 2050. The van der Waals surface area contributed by atoms with Crippen LogP contribution in [0.25, 0.3) is 64.6 Å². The number of hydrogen-bond donors (Lipinski definition) is 0. The molecule has 37 heavy (non-hydrogen) atoms. The van der Waals surface area contributed by atoms with Crippen LogP contribution in [0.1, 0.15) is 6.92 Å². The molecular weight excluding hydrogens is 448 g/mol. The van der Waals surface area contributed by atoms with Crippen molar-refractivity contribution in [2.45, 2.75) is 6.92 Å². The van der Waals surface area contributed by atoms with Crippen LogP contribution in [0.15, 0.2) is 91.0 Å². The van der Waals surface area contributed by atoms with Gasteiger partial charge in [-0.1, -0.05) is 72.8 Å². The van der Waals surface area contributed by atoms with E-state index in [1.165, 1.54) is 0 Å². The zero-order valence-electron chi connectivity index (χ0n) is 20.3. The number of rotatable bonds is 2. The molecule has 4 bridgehead atoms. The number of benzene rings is 6. The molecular formula is C36H20O. The summed E-state index contributed by atoms with van der Waals surface area (Å²) in [4.78, 5) is 0. The minimum absolute atomic E-state index is 0.549. The highest BCUT2D eigenvalue weighted by Crippen LogP contribution is 2.39. The average molecular weight is 469 g/mol. The summed E-state index contributed by atoms with van der Waals surface area (Å²) in [5.74, 6) is 0.829. The van der Waals surface area contributed by atoms with Gasteiger partial charge < -0.3 is 4.74 Å². The molecule has 1 heteroatoms. The zero-order chi connectivity index (χ0) is 24.8. The Labute approximate surface area is 215 Å². The maximum absolute atomic E-state index is 6.32. The van der Waals surface area contributed by atoms with E-state index in [2.05, 4.69) is 115 Å². The molecule has 7 aromatic rings. The minimum atomic E-state index is 0.549. The third kappa shape index (κ3) is 3.48. The molecule has 0 aliphatic rings. The minimum Gasteiger partial charge on any atom is -0.492 e. The molecule has 7 aromatic carbocycles. The SMILES string of the molecule is CCOc1c2c3c#cc#cc4cccc5cc6cccc(c#cc7cccc(cc2ccc3)c17)c6cc45. The highest BCUT2D eigenvalue weighted by molar-refractivity contribution is 6.16. The first-order chi connectivity index (χ1) is 18.3. The maximum Gasteiger partial charge on any atom is 0.137 e. The van der Waals surface area contributed by atoms with Crippen LogP contribution in [0, 0.1) is 36.4 Å². The summed E-state index contributed by atoms with van der Waals surface area (Å²) in [5.41, 5.74) is 0. The summed E-state index contributed by atoms with van der Waals surface area (Å²) in [6.45, 7) is 2.56.